The van der Waals surface area contributed by atoms with Gasteiger partial charge in [-0.3, -0.25) is 14.8 Å². The molecule has 0 aliphatic carbocycles. The van der Waals surface area contributed by atoms with Crippen LogP contribution in [0.3, 0.4) is 0 Å². The van der Waals surface area contributed by atoms with Crippen LogP contribution in [0.2, 0.25) is 0 Å². The molecular formula is C21H25N3O3. The molecule has 4 heterocycles. The van der Waals surface area contributed by atoms with Crippen molar-refractivity contribution in [3.8, 4) is 0 Å². The van der Waals surface area contributed by atoms with Crippen LogP contribution in [0.4, 0.5) is 0 Å². The van der Waals surface area contributed by atoms with Gasteiger partial charge in [-0.1, -0.05) is 0 Å². The molecule has 27 heavy (non-hydrogen) atoms. The van der Waals surface area contributed by atoms with Crippen LogP contribution >= 0.6 is 0 Å². The number of aromatic nitrogens is 2. The average Bonchev–Trinajstić information content (AvgIpc) is 2.65. The van der Waals surface area contributed by atoms with Crippen LogP contribution in [0.25, 0.3) is 0 Å². The largest absolute Gasteiger partial charge is 0.373 e. The van der Waals surface area contributed by atoms with Gasteiger partial charge in [-0.2, -0.15) is 0 Å². The average molecular weight is 367 g/mol. The molecule has 6 heteroatoms. The van der Waals surface area contributed by atoms with Crippen LogP contribution < -0.4 is 0 Å². The summed E-state index contributed by atoms with van der Waals surface area (Å²) < 4.78 is 12.2. The number of nitrogens with zero attached hydrogens (tertiary/aromatic N) is 3. The first-order valence-corrected chi connectivity index (χ1v) is 9.41. The summed E-state index contributed by atoms with van der Waals surface area (Å²) in [4.78, 5) is 22.8. The third-order valence-corrected chi connectivity index (χ3v) is 5.44. The molecule has 2 aliphatic rings. The molecule has 1 amide bonds. The second kappa shape index (κ2) is 7.37. The van der Waals surface area contributed by atoms with Gasteiger partial charge in [0.15, 0.2) is 0 Å². The van der Waals surface area contributed by atoms with E-state index in [9.17, 15) is 4.79 Å². The lowest BCUT2D eigenvalue weighted by molar-refractivity contribution is -0.188. The SMILES string of the molecule is Cc1cncc(C(=O)N2CC3(CC(OCc4cnccc4C)CCO3)C2)c1. The number of hydrogen-bond donors (Lipinski definition) is 0. The number of hydrogen-bond acceptors (Lipinski definition) is 5. The monoisotopic (exact) mass is 367 g/mol. The summed E-state index contributed by atoms with van der Waals surface area (Å²) in [5, 5.41) is 0. The summed E-state index contributed by atoms with van der Waals surface area (Å²) in [7, 11) is 0. The van der Waals surface area contributed by atoms with Crippen LogP contribution in [0.1, 0.15) is 39.9 Å². The molecule has 1 spiro atoms. The predicted octanol–water partition coefficient (Wildman–Crippen LogP) is 2.68. The first-order chi connectivity index (χ1) is 13.0. The fourth-order valence-electron chi connectivity index (χ4n) is 3.85. The molecule has 0 N–H and O–H groups in total. The molecular weight excluding hydrogens is 342 g/mol. The van der Waals surface area contributed by atoms with Crippen LogP contribution in [0, 0.1) is 13.8 Å². The highest BCUT2D eigenvalue weighted by molar-refractivity contribution is 5.94. The number of aryl methyl sites for hydroxylation is 2. The minimum atomic E-state index is -0.264. The summed E-state index contributed by atoms with van der Waals surface area (Å²) in [5.41, 5.74) is 3.68. The fraction of sp³-hybridized carbons (Fsp3) is 0.476. The van der Waals surface area contributed by atoms with E-state index in [1.54, 1.807) is 18.6 Å². The van der Waals surface area contributed by atoms with Gasteiger partial charge in [0.05, 0.1) is 31.4 Å². The van der Waals surface area contributed by atoms with Gasteiger partial charge in [-0.05, 0) is 49.1 Å². The number of likely N-dealkylation sites (tertiary alicyclic amines) is 1. The van der Waals surface area contributed by atoms with E-state index in [1.807, 2.05) is 30.2 Å². The zero-order chi connectivity index (χ0) is 18.9. The van der Waals surface area contributed by atoms with Crippen LogP contribution in [-0.2, 0) is 16.1 Å². The van der Waals surface area contributed by atoms with Gasteiger partial charge in [0, 0.05) is 37.8 Å². The van der Waals surface area contributed by atoms with Gasteiger partial charge in [0.25, 0.3) is 5.91 Å². The van der Waals surface area contributed by atoms with Gasteiger partial charge in [-0.15, -0.1) is 0 Å². The lowest BCUT2D eigenvalue weighted by Gasteiger charge is -2.53. The second-order valence-corrected chi connectivity index (χ2v) is 7.67. The summed E-state index contributed by atoms with van der Waals surface area (Å²) in [6, 6.07) is 3.88. The number of carbonyl (C=O) groups is 1. The lowest BCUT2D eigenvalue weighted by Crippen LogP contribution is -2.67. The Hall–Kier alpha value is -2.31. The summed E-state index contributed by atoms with van der Waals surface area (Å²) in [6.07, 6.45) is 8.90. The third-order valence-electron chi connectivity index (χ3n) is 5.44. The Morgan fingerprint density at radius 1 is 1.30 bits per heavy atom. The van der Waals surface area contributed by atoms with E-state index in [1.165, 1.54) is 5.56 Å². The fourth-order valence-corrected chi connectivity index (χ4v) is 3.85. The minimum Gasteiger partial charge on any atom is -0.373 e. The smallest absolute Gasteiger partial charge is 0.255 e. The maximum Gasteiger partial charge on any atom is 0.255 e. The molecule has 0 aromatic carbocycles. The summed E-state index contributed by atoms with van der Waals surface area (Å²) in [5.74, 6) is 0.0226. The van der Waals surface area contributed by atoms with Crippen LogP contribution in [0.5, 0.6) is 0 Å². The highest BCUT2D eigenvalue weighted by Crippen LogP contribution is 2.36. The van der Waals surface area contributed by atoms with Gasteiger partial charge < -0.3 is 14.4 Å². The van der Waals surface area contributed by atoms with Crippen molar-refractivity contribution in [1.82, 2.24) is 14.9 Å². The van der Waals surface area contributed by atoms with Gasteiger partial charge >= 0.3 is 0 Å². The number of carbonyl (C=O) groups excluding carboxylic acids is 1. The second-order valence-electron chi connectivity index (χ2n) is 7.67. The maximum atomic E-state index is 12.6. The van der Waals surface area contributed by atoms with Gasteiger partial charge in [0.2, 0.25) is 0 Å². The first-order valence-electron chi connectivity index (χ1n) is 9.41. The minimum absolute atomic E-state index is 0.0226. The van der Waals surface area contributed by atoms with Crippen molar-refractivity contribution < 1.29 is 14.3 Å². The Labute approximate surface area is 159 Å². The third kappa shape index (κ3) is 3.87. The topological polar surface area (TPSA) is 64.6 Å². The summed E-state index contributed by atoms with van der Waals surface area (Å²) in [6.45, 7) is 6.48. The van der Waals surface area contributed by atoms with E-state index in [0.717, 1.165) is 24.0 Å². The van der Waals surface area contributed by atoms with Gasteiger partial charge in [-0.25, -0.2) is 0 Å². The van der Waals surface area contributed by atoms with Crippen molar-refractivity contribution >= 4 is 5.91 Å². The number of pyridine rings is 2. The Kier molecular flexibility index (Phi) is 4.93. The van der Waals surface area contributed by atoms with E-state index in [0.29, 0.717) is 31.9 Å². The molecule has 2 aromatic rings. The van der Waals surface area contributed by atoms with Gasteiger partial charge in [0.1, 0.15) is 5.60 Å². The van der Waals surface area contributed by atoms with Crippen molar-refractivity contribution in [2.45, 2.75) is 45.0 Å². The maximum absolute atomic E-state index is 12.6. The van der Waals surface area contributed by atoms with Crippen LogP contribution in [-0.4, -0.2) is 52.2 Å². The quantitative estimate of drug-likeness (QED) is 0.831. The van der Waals surface area contributed by atoms with Crippen molar-refractivity contribution in [2.24, 2.45) is 0 Å². The predicted molar refractivity (Wildman–Crippen MR) is 100 cm³/mol. The molecule has 2 aromatic heterocycles. The molecule has 0 saturated carbocycles. The zero-order valence-electron chi connectivity index (χ0n) is 15.9. The highest BCUT2D eigenvalue weighted by Gasteiger charge is 2.49. The van der Waals surface area contributed by atoms with E-state index < -0.39 is 0 Å². The normalized spacial score (nSPS) is 21.1. The zero-order valence-corrected chi connectivity index (χ0v) is 15.9. The van der Waals surface area contributed by atoms with Crippen molar-refractivity contribution in [2.75, 3.05) is 19.7 Å². The molecule has 4 rings (SSSR count). The van der Waals surface area contributed by atoms with Crippen molar-refractivity contribution in [1.29, 1.82) is 0 Å². The van der Waals surface area contributed by atoms with E-state index in [2.05, 4.69) is 16.9 Å². The molecule has 142 valence electrons. The van der Waals surface area contributed by atoms with E-state index in [-0.39, 0.29) is 17.6 Å². The lowest BCUT2D eigenvalue weighted by atomic mass is 9.84. The number of rotatable bonds is 4. The molecule has 1 atom stereocenters. The Balaban J connectivity index is 1.33. The molecule has 1 unspecified atom stereocenters. The highest BCUT2D eigenvalue weighted by atomic mass is 16.5. The Morgan fingerprint density at radius 2 is 2.15 bits per heavy atom. The number of ether oxygens (including phenoxy) is 2. The van der Waals surface area contributed by atoms with Crippen LogP contribution in [0.15, 0.2) is 36.9 Å². The molecule has 6 nitrogen and oxygen atoms in total. The molecule has 2 fully saturated rings. The summed E-state index contributed by atoms with van der Waals surface area (Å²) >= 11 is 0. The Bertz CT molecular complexity index is 833. The number of amides is 1. The van der Waals surface area contributed by atoms with E-state index in [4.69, 9.17) is 9.47 Å². The molecule has 2 aliphatic heterocycles. The standard InChI is InChI=1S/C21H25N3O3/c1-15-7-17(10-23-9-15)20(25)24-13-21(14-24)8-19(4-6-27-21)26-12-18-11-22-5-3-16(18)2/h3,5,7,9-11,19H,4,6,8,12-14H2,1-2H3. The molecule has 0 radical (unpaired) electrons. The van der Waals surface area contributed by atoms with E-state index >= 15 is 0 Å². The van der Waals surface area contributed by atoms with Crippen molar-refractivity contribution in [3.05, 3.63) is 59.2 Å². The molecule has 0 bridgehead atoms. The van der Waals surface area contributed by atoms with Crippen molar-refractivity contribution in [3.63, 3.8) is 0 Å². The first kappa shape index (κ1) is 18.1. The molecule has 2 saturated heterocycles. The Morgan fingerprint density at radius 3 is 2.93 bits per heavy atom.